The van der Waals surface area contributed by atoms with Gasteiger partial charge in [-0.05, 0) is 79.6 Å². The number of benzene rings is 1. The first kappa shape index (κ1) is 80.8. The normalized spacial score (nSPS) is 11.4. The minimum Gasteiger partial charge on any atom is -0.508 e. The Balaban J connectivity index is 0.000000159. The third-order valence-electron chi connectivity index (χ3n) is 14.0. The van der Waals surface area contributed by atoms with Crippen LogP contribution in [-0.2, 0) is 32.6 Å². The predicted octanol–water partition coefficient (Wildman–Crippen LogP) is 9.03. The highest BCUT2D eigenvalue weighted by Crippen LogP contribution is 2.26. The molecule has 0 aliphatic heterocycles. The molecule has 0 aliphatic carbocycles. The van der Waals surface area contributed by atoms with Gasteiger partial charge in [0.25, 0.3) is 22.2 Å². The van der Waals surface area contributed by atoms with Gasteiger partial charge < -0.3 is 28.6 Å². The van der Waals surface area contributed by atoms with E-state index in [-0.39, 0.29) is 54.2 Å². The molecule has 0 saturated heterocycles. The molecule has 112 heavy (non-hydrogen) atoms. The summed E-state index contributed by atoms with van der Waals surface area (Å²) in [6, 6.07) is 24.7. The van der Waals surface area contributed by atoms with Gasteiger partial charge in [0.2, 0.25) is 0 Å². The highest BCUT2D eigenvalue weighted by molar-refractivity contribution is 7.14. The highest BCUT2D eigenvalue weighted by atomic mass is 32.1. The fourth-order valence-electron chi connectivity index (χ4n) is 8.83. The van der Waals surface area contributed by atoms with Gasteiger partial charge >= 0.3 is 48.7 Å². The molecule has 0 radical (unpaired) electrons. The van der Waals surface area contributed by atoms with Crippen LogP contribution in [-0.4, -0.2) is 166 Å². The predicted molar refractivity (Wildman–Crippen MR) is 365 cm³/mol. The number of halogens is 12. The maximum Gasteiger partial charge on any atom is 0.422 e. The van der Waals surface area contributed by atoms with Gasteiger partial charge in [-0.2, -0.15) is 83.3 Å². The second kappa shape index (κ2) is 36.4. The summed E-state index contributed by atoms with van der Waals surface area (Å²) >= 11 is 1.31. The highest BCUT2D eigenvalue weighted by Gasteiger charge is 2.32. The molecule has 0 amide bonds. The Morgan fingerprint density at radius 2 is 0.830 bits per heavy atom. The van der Waals surface area contributed by atoms with Gasteiger partial charge in [0, 0.05) is 120 Å². The molecule has 0 aliphatic rings. The molecule has 0 spiro atoms. The molecule has 13 aromatic rings. The molecule has 1 aromatic carbocycles. The van der Waals surface area contributed by atoms with Crippen molar-refractivity contribution in [3.05, 3.63) is 240 Å². The Kier molecular flexibility index (Phi) is 26.3. The third kappa shape index (κ3) is 25.2. The molecule has 1 N–H and O–H groups in total. The third-order valence-corrected chi connectivity index (χ3v) is 14.9. The molecule has 0 fully saturated rings. The smallest absolute Gasteiger partial charge is 0.422 e. The van der Waals surface area contributed by atoms with E-state index in [2.05, 4.69) is 110 Å². The van der Waals surface area contributed by atoms with Crippen molar-refractivity contribution >= 4 is 11.3 Å². The monoisotopic (exact) mass is 1580 g/mol. The lowest BCUT2D eigenvalue weighted by Gasteiger charge is -2.09. The maximum atomic E-state index is 12.2. The topological polar surface area (TPSA) is 390 Å². The molecule has 45 heteroatoms. The summed E-state index contributed by atoms with van der Waals surface area (Å²) < 4.78 is 174. The largest absolute Gasteiger partial charge is 0.508 e. The molecule has 0 unspecified atom stereocenters. The van der Waals surface area contributed by atoms with Crippen LogP contribution >= 0.6 is 11.3 Å². The van der Waals surface area contributed by atoms with Crippen molar-refractivity contribution in [2.24, 2.45) is 0 Å². The summed E-state index contributed by atoms with van der Waals surface area (Å²) in [5.41, 5.74) is 5.25. The fraction of sp³-hybridized carbons (Fsp3) is 0.224. The van der Waals surface area contributed by atoms with Gasteiger partial charge in [-0.25, -0.2) is 58.6 Å². The van der Waals surface area contributed by atoms with E-state index in [1.165, 1.54) is 140 Å². The van der Waals surface area contributed by atoms with Crippen molar-refractivity contribution in [3.63, 3.8) is 0 Å². The number of aromatic nitrogens is 22. The van der Waals surface area contributed by atoms with Gasteiger partial charge in [0.1, 0.15) is 22.3 Å². The number of aromatic hydroxyl groups is 1. The van der Waals surface area contributed by atoms with E-state index < -0.39 is 75.2 Å². The van der Waals surface area contributed by atoms with Gasteiger partial charge in [-0.15, -0.1) is 10.2 Å². The van der Waals surface area contributed by atoms with Crippen molar-refractivity contribution in [3.8, 4) is 85.4 Å². The van der Waals surface area contributed by atoms with Crippen molar-refractivity contribution in [2.45, 2.75) is 71.2 Å². The van der Waals surface area contributed by atoms with Crippen LogP contribution in [0, 0.1) is 6.92 Å². The summed E-state index contributed by atoms with van der Waals surface area (Å²) in [5.74, 6) is 0.547. The summed E-state index contributed by atoms with van der Waals surface area (Å²) in [5, 5.41) is 47.6. The Hall–Kier alpha value is -13.8. The summed E-state index contributed by atoms with van der Waals surface area (Å²) in [6.07, 6.45) is -3.80. The standard InChI is InChI=1S/C18H12F3N7O2S.C17H13F3N4O3.C16H13F3N6O2.C16H14F3N5O3/c19-18(20,21)10-30-17-23-7-12(8-24-17)13-3-4-15(29)28(27-13)9-14-25-26-16(31-14)11-2-1-5-22-6-11;18-17(19,20)10-27-16-21-7-12(8-22-16)14-4-5-15(26)24(23-14)9-11-2-1-3-13(25)6-11;1-10-2-3-12(23-22-10)8-25-14(26)5-4-13(24-25)11-6-20-15(21-7-11)27-9-16(17,18)19;1-2-11-5-12(27-23-11)8-24-14(25)4-3-13(22-24)10-6-20-15(21-7-10)26-9-16(17,18)19/h1-8H,9-10H2;1-8,25H,9-10H2;2-7H,8-9H2,1H3;3-7H,2,8-9H2,1H3. The lowest BCUT2D eigenvalue weighted by Crippen LogP contribution is -2.23. The van der Waals surface area contributed by atoms with Crippen LogP contribution < -0.4 is 41.2 Å². The molecule has 0 saturated carbocycles. The lowest BCUT2D eigenvalue weighted by atomic mass is 10.2. The molecule has 32 nitrogen and oxygen atoms in total. The second-order valence-electron chi connectivity index (χ2n) is 22.7. The van der Waals surface area contributed by atoms with Crippen molar-refractivity contribution in [2.75, 3.05) is 26.4 Å². The SMILES string of the molecule is CCc1cc(Cn2nc(-c3cnc(OCC(F)(F)F)nc3)ccc2=O)on1.Cc1ccc(Cn2nc(-c3cnc(OCC(F)(F)F)nc3)ccc2=O)nn1.O=c1ccc(-c2cnc(OCC(F)(F)F)nc2)nn1Cc1cccc(O)c1.O=c1ccc(-c2cnc(OCC(F)(F)F)nc2)nn1Cc1nnc(-c2cccnc2)s1. The van der Waals surface area contributed by atoms with Crippen molar-refractivity contribution in [1.82, 2.24) is 110 Å². The van der Waals surface area contributed by atoms with E-state index in [0.717, 1.165) is 17.0 Å². The number of hydrogen-bond donors (Lipinski definition) is 1. The van der Waals surface area contributed by atoms with Crippen LogP contribution in [0.5, 0.6) is 29.8 Å². The van der Waals surface area contributed by atoms with Crippen LogP contribution in [0.2, 0.25) is 0 Å². The summed E-state index contributed by atoms with van der Waals surface area (Å²) in [7, 11) is 0. The number of hydrogen-bond acceptors (Lipinski definition) is 29. The van der Waals surface area contributed by atoms with Crippen LogP contribution in [0.15, 0.2) is 189 Å². The average molecular weight is 1590 g/mol. The zero-order valence-electron chi connectivity index (χ0n) is 57.4. The quantitative estimate of drug-likeness (QED) is 0.0618. The molecule has 12 aromatic heterocycles. The minimum atomic E-state index is -4.49. The molecule has 0 atom stereocenters. The van der Waals surface area contributed by atoms with Gasteiger partial charge in [-0.3, -0.25) is 24.2 Å². The van der Waals surface area contributed by atoms with Crippen molar-refractivity contribution < 1.29 is 81.3 Å². The summed E-state index contributed by atoms with van der Waals surface area (Å²) in [4.78, 5) is 82.0. The molecular weight excluding hydrogens is 1530 g/mol. The van der Waals surface area contributed by atoms with Gasteiger partial charge in [0.15, 0.2) is 32.2 Å². The molecule has 580 valence electrons. The Morgan fingerprint density at radius 3 is 1.20 bits per heavy atom. The van der Waals surface area contributed by atoms with E-state index in [0.29, 0.717) is 78.5 Å². The number of ether oxygens (including phenoxy) is 4. The average Bonchev–Trinajstić information content (AvgIpc) is 1.49. The number of pyridine rings is 1. The Bertz CT molecular complexity index is 5510. The van der Waals surface area contributed by atoms with Gasteiger partial charge in [-0.1, -0.05) is 35.5 Å². The van der Waals surface area contributed by atoms with Crippen LogP contribution in [0.3, 0.4) is 0 Å². The number of rotatable bonds is 22. The zero-order valence-corrected chi connectivity index (χ0v) is 58.2. The van der Waals surface area contributed by atoms with Crippen LogP contribution in [0.4, 0.5) is 52.7 Å². The second-order valence-corrected chi connectivity index (χ2v) is 23.8. The first-order valence-corrected chi connectivity index (χ1v) is 32.8. The maximum absolute atomic E-state index is 12.2. The fourth-order valence-corrected chi connectivity index (χ4v) is 9.64. The van der Waals surface area contributed by atoms with Gasteiger partial charge in [0.05, 0.1) is 59.5 Å². The first-order chi connectivity index (χ1) is 53.3. The van der Waals surface area contributed by atoms with Crippen molar-refractivity contribution in [1.29, 1.82) is 0 Å². The van der Waals surface area contributed by atoms with E-state index in [9.17, 15) is 77.0 Å². The van der Waals surface area contributed by atoms with Crippen LogP contribution in [0.1, 0.15) is 40.3 Å². The zero-order chi connectivity index (χ0) is 80.2. The van der Waals surface area contributed by atoms with E-state index >= 15 is 0 Å². The first-order valence-electron chi connectivity index (χ1n) is 32.0. The Morgan fingerprint density at radius 1 is 0.420 bits per heavy atom. The molecule has 0 bridgehead atoms. The number of phenols is 1. The Labute approximate surface area is 622 Å². The molecular formula is C67H52F12N22O10S. The lowest BCUT2D eigenvalue weighted by molar-refractivity contribution is -0.155. The minimum absolute atomic E-state index is 0.0690. The van der Waals surface area contributed by atoms with E-state index in [1.807, 2.05) is 13.0 Å². The number of aryl methyl sites for hydroxylation is 2. The molecule has 13 rings (SSSR count). The summed E-state index contributed by atoms with van der Waals surface area (Å²) in [6.45, 7) is -1.77. The number of nitrogens with zero attached hydrogens (tertiary/aromatic N) is 22. The van der Waals surface area contributed by atoms with Crippen LogP contribution in [0.25, 0.3) is 55.6 Å². The molecule has 12 heterocycles. The number of alkyl halides is 12. The van der Waals surface area contributed by atoms with E-state index in [4.69, 9.17) is 4.52 Å². The number of phenolic OH excluding ortho intramolecular Hbond substituents is 1. The van der Waals surface area contributed by atoms with E-state index in [1.54, 1.807) is 55.7 Å².